The number of aryl methyl sites for hydroxylation is 1. The van der Waals surface area contributed by atoms with Crippen LogP contribution < -0.4 is 5.73 Å². The number of carbonyl (C=O) groups excluding carboxylic acids is 2. The molecule has 0 aliphatic rings. The quantitative estimate of drug-likeness (QED) is 0.662. The lowest BCUT2D eigenvalue weighted by Crippen LogP contribution is -2.13. The van der Waals surface area contributed by atoms with Gasteiger partial charge in [0.05, 0.1) is 20.1 Å². The first kappa shape index (κ1) is 10.2. The first-order valence-electron chi connectivity index (χ1n) is 4.03. The van der Waals surface area contributed by atoms with Crippen LogP contribution in [0.4, 0.5) is 0 Å². The minimum Gasteiger partial charge on any atom is -0.469 e. The van der Waals surface area contributed by atoms with E-state index in [1.54, 1.807) is 6.20 Å². The molecule has 1 rings (SSSR count). The molecule has 0 spiro atoms. The molecule has 0 aliphatic carbocycles. The van der Waals surface area contributed by atoms with Crippen molar-refractivity contribution in [3.8, 4) is 0 Å². The summed E-state index contributed by atoms with van der Waals surface area (Å²) < 4.78 is 5.92. The Morgan fingerprint density at radius 1 is 1.64 bits per heavy atom. The summed E-state index contributed by atoms with van der Waals surface area (Å²) in [5.41, 5.74) is 5.19. The van der Waals surface area contributed by atoms with E-state index in [2.05, 4.69) is 9.84 Å². The highest BCUT2D eigenvalue weighted by atomic mass is 16.5. The first-order chi connectivity index (χ1) is 6.63. The molecule has 6 heteroatoms. The molecule has 6 nitrogen and oxygen atoms in total. The van der Waals surface area contributed by atoms with Crippen LogP contribution >= 0.6 is 0 Å². The number of hydrogen-bond acceptors (Lipinski definition) is 4. The third kappa shape index (κ3) is 2.58. The number of ether oxygens (including phenoxy) is 1. The van der Waals surface area contributed by atoms with Crippen molar-refractivity contribution >= 4 is 11.9 Å². The zero-order chi connectivity index (χ0) is 10.6. The van der Waals surface area contributed by atoms with E-state index in [4.69, 9.17) is 5.73 Å². The summed E-state index contributed by atoms with van der Waals surface area (Å²) in [5.74, 6) is -0.900. The van der Waals surface area contributed by atoms with Gasteiger partial charge in [0.1, 0.15) is 5.69 Å². The third-order valence-corrected chi connectivity index (χ3v) is 1.67. The standard InChI is InChI=1S/C8H11N3O3/c1-14-7(12)3-5-11-4-2-6(10-11)8(9)13/h2,4H,3,5H2,1H3,(H2,9,13). The monoisotopic (exact) mass is 197 g/mol. The summed E-state index contributed by atoms with van der Waals surface area (Å²) in [5, 5.41) is 3.85. The van der Waals surface area contributed by atoms with E-state index in [1.807, 2.05) is 0 Å². The fraction of sp³-hybridized carbons (Fsp3) is 0.375. The van der Waals surface area contributed by atoms with Gasteiger partial charge in [0.2, 0.25) is 0 Å². The summed E-state index contributed by atoms with van der Waals surface area (Å²) in [6.07, 6.45) is 1.80. The summed E-state index contributed by atoms with van der Waals surface area (Å²) in [6, 6.07) is 1.50. The van der Waals surface area contributed by atoms with Crippen molar-refractivity contribution in [2.45, 2.75) is 13.0 Å². The molecule has 0 saturated carbocycles. The molecular formula is C8H11N3O3. The zero-order valence-electron chi connectivity index (χ0n) is 7.77. The average molecular weight is 197 g/mol. The lowest BCUT2D eigenvalue weighted by molar-refractivity contribution is -0.140. The molecule has 2 N–H and O–H groups in total. The van der Waals surface area contributed by atoms with Crippen LogP contribution in [0.15, 0.2) is 12.3 Å². The Kier molecular flexibility index (Phi) is 3.22. The van der Waals surface area contributed by atoms with E-state index in [1.165, 1.54) is 17.9 Å². The van der Waals surface area contributed by atoms with E-state index in [0.29, 0.717) is 6.54 Å². The molecular weight excluding hydrogens is 186 g/mol. The highest BCUT2D eigenvalue weighted by Crippen LogP contribution is 1.96. The smallest absolute Gasteiger partial charge is 0.307 e. The topological polar surface area (TPSA) is 87.2 Å². The van der Waals surface area contributed by atoms with Crippen LogP contribution in [0.25, 0.3) is 0 Å². The largest absolute Gasteiger partial charge is 0.469 e. The molecule has 1 aromatic rings. The fourth-order valence-electron chi connectivity index (χ4n) is 0.926. The van der Waals surface area contributed by atoms with Gasteiger partial charge < -0.3 is 10.5 Å². The van der Waals surface area contributed by atoms with E-state index in [-0.39, 0.29) is 18.1 Å². The van der Waals surface area contributed by atoms with Gasteiger partial charge in [-0.3, -0.25) is 14.3 Å². The van der Waals surface area contributed by atoms with Gasteiger partial charge in [0, 0.05) is 6.20 Å². The molecule has 1 heterocycles. The second-order valence-electron chi connectivity index (χ2n) is 2.65. The number of rotatable bonds is 4. The van der Waals surface area contributed by atoms with Gasteiger partial charge in [-0.05, 0) is 6.07 Å². The molecule has 0 atom stereocenters. The number of carbonyl (C=O) groups is 2. The van der Waals surface area contributed by atoms with Crippen molar-refractivity contribution in [2.75, 3.05) is 7.11 Å². The number of nitrogens with two attached hydrogens (primary N) is 1. The van der Waals surface area contributed by atoms with Gasteiger partial charge in [-0.2, -0.15) is 5.10 Å². The molecule has 1 amide bonds. The van der Waals surface area contributed by atoms with Crippen LogP contribution in [0, 0.1) is 0 Å². The first-order valence-corrected chi connectivity index (χ1v) is 4.03. The van der Waals surface area contributed by atoms with Crippen LogP contribution in [0.3, 0.4) is 0 Å². The van der Waals surface area contributed by atoms with Gasteiger partial charge in [-0.15, -0.1) is 0 Å². The van der Waals surface area contributed by atoms with Crippen LogP contribution in [0.5, 0.6) is 0 Å². The molecule has 14 heavy (non-hydrogen) atoms. The summed E-state index contributed by atoms with van der Waals surface area (Å²) in [7, 11) is 1.32. The Morgan fingerprint density at radius 2 is 2.36 bits per heavy atom. The number of primary amides is 1. The average Bonchev–Trinajstić information content (AvgIpc) is 2.62. The minimum atomic E-state index is -0.582. The minimum absolute atomic E-state index is 0.190. The Morgan fingerprint density at radius 3 is 2.86 bits per heavy atom. The molecule has 0 aromatic carbocycles. The molecule has 0 saturated heterocycles. The maximum atomic E-state index is 10.8. The van der Waals surface area contributed by atoms with E-state index in [9.17, 15) is 9.59 Å². The number of hydrogen-bond donors (Lipinski definition) is 1. The highest BCUT2D eigenvalue weighted by Gasteiger charge is 2.05. The predicted octanol–water partition coefficient (Wildman–Crippen LogP) is -0.455. The maximum absolute atomic E-state index is 10.8. The lowest BCUT2D eigenvalue weighted by atomic mass is 10.4. The summed E-state index contributed by atoms with van der Waals surface area (Å²) >= 11 is 0. The number of aromatic nitrogens is 2. The van der Waals surface area contributed by atoms with Crippen LogP contribution in [-0.2, 0) is 16.1 Å². The Bertz CT molecular complexity index is 345. The molecule has 1 aromatic heterocycles. The lowest BCUT2D eigenvalue weighted by Gasteiger charge is -1.99. The van der Waals surface area contributed by atoms with Crippen molar-refractivity contribution in [3.63, 3.8) is 0 Å². The van der Waals surface area contributed by atoms with Crippen molar-refractivity contribution < 1.29 is 14.3 Å². The molecule has 0 unspecified atom stereocenters. The second kappa shape index (κ2) is 4.40. The number of esters is 1. The van der Waals surface area contributed by atoms with Crippen LogP contribution in [0.2, 0.25) is 0 Å². The number of nitrogens with zero attached hydrogens (tertiary/aromatic N) is 2. The third-order valence-electron chi connectivity index (χ3n) is 1.67. The van der Waals surface area contributed by atoms with Gasteiger partial charge in [-0.25, -0.2) is 0 Å². The zero-order valence-corrected chi connectivity index (χ0v) is 7.77. The van der Waals surface area contributed by atoms with E-state index < -0.39 is 5.91 Å². The Labute approximate surface area is 80.6 Å². The SMILES string of the molecule is COC(=O)CCn1ccc(C(N)=O)n1. The van der Waals surface area contributed by atoms with Crippen molar-refractivity contribution in [3.05, 3.63) is 18.0 Å². The van der Waals surface area contributed by atoms with Crippen molar-refractivity contribution in [1.82, 2.24) is 9.78 Å². The molecule has 0 radical (unpaired) electrons. The normalized spacial score (nSPS) is 9.79. The number of amides is 1. The Hall–Kier alpha value is -1.85. The highest BCUT2D eigenvalue weighted by molar-refractivity contribution is 5.90. The van der Waals surface area contributed by atoms with E-state index in [0.717, 1.165) is 0 Å². The summed E-state index contributed by atoms with van der Waals surface area (Å²) in [4.78, 5) is 21.4. The molecule has 0 bridgehead atoms. The van der Waals surface area contributed by atoms with Gasteiger partial charge in [0.15, 0.2) is 0 Å². The van der Waals surface area contributed by atoms with Gasteiger partial charge in [0.25, 0.3) is 5.91 Å². The van der Waals surface area contributed by atoms with Crippen molar-refractivity contribution in [1.29, 1.82) is 0 Å². The van der Waals surface area contributed by atoms with Crippen LogP contribution in [0.1, 0.15) is 16.9 Å². The second-order valence-corrected chi connectivity index (χ2v) is 2.65. The number of methoxy groups -OCH3 is 1. The Balaban J connectivity index is 2.52. The maximum Gasteiger partial charge on any atom is 0.307 e. The fourth-order valence-corrected chi connectivity index (χ4v) is 0.926. The predicted molar refractivity (Wildman–Crippen MR) is 47.4 cm³/mol. The van der Waals surface area contributed by atoms with Gasteiger partial charge in [-0.1, -0.05) is 0 Å². The molecule has 0 aliphatic heterocycles. The van der Waals surface area contributed by atoms with Crippen LogP contribution in [-0.4, -0.2) is 28.8 Å². The molecule has 0 fully saturated rings. The van der Waals surface area contributed by atoms with Crippen molar-refractivity contribution in [2.24, 2.45) is 5.73 Å². The van der Waals surface area contributed by atoms with E-state index >= 15 is 0 Å². The van der Waals surface area contributed by atoms with Gasteiger partial charge >= 0.3 is 5.97 Å². The molecule has 76 valence electrons. The summed E-state index contributed by atoms with van der Waals surface area (Å²) in [6.45, 7) is 0.375.